The Labute approximate surface area is 96.9 Å². The van der Waals surface area contributed by atoms with Crippen molar-refractivity contribution in [3.8, 4) is 0 Å². The second-order valence-corrected chi connectivity index (χ2v) is 4.72. The van der Waals surface area contributed by atoms with Gasteiger partial charge in [0.2, 0.25) is 0 Å². The van der Waals surface area contributed by atoms with Gasteiger partial charge in [-0.3, -0.25) is 16.0 Å². The molecule has 16 heavy (non-hydrogen) atoms. The maximum atomic E-state index is 5.55. The highest BCUT2D eigenvalue weighted by Crippen LogP contribution is 2.17. The molecule has 5 heteroatoms. The van der Waals surface area contributed by atoms with Gasteiger partial charge in [-0.05, 0) is 26.3 Å². The molecule has 1 rings (SSSR count). The second-order valence-electron chi connectivity index (χ2n) is 4.72. The molecule has 1 unspecified atom stereocenters. The van der Waals surface area contributed by atoms with Crippen molar-refractivity contribution in [2.24, 2.45) is 12.9 Å². The molecule has 0 aromatic carbocycles. The summed E-state index contributed by atoms with van der Waals surface area (Å²) >= 11 is 0. The first-order valence-electron chi connectivity index (χ1n) is 5.46. The molecule has 3 N–H and O–H groups in total. The lowest BCUT2D eigenvalue weighted by atomic mass is 9.96. The van der Waals surface area contributed by atoms with Crippen LogP contribution in [-0.4, -0.2) is 28.5 Å². The molecule has 0 aliphatic carbocycles. The van der Waals surface area contributed by atoms with Crippen LogP contribution in [0.3, 0.4) is 0 Å². The Balaban J connectivity index is 2.55. The van der Waals surface area contributed by atoms with Crippen molar-refractivity contribution in [3.05, 3.63) is 18.0 Å². The molecule has 0 fully saturated rings. The summed E-state index contributed by atoms with van der Waals surface area (Å²) in [4.78, 5) is 0. The highest BCUT2D eigenvalue weighted by molar-refractivity contribution is 5.01. The third-order valence-corrected chi connectivity index (χ3v) is 2.75. The van der Waals surface area contributed by atoms with E-state index < -0.39 is 0 Å². The van der Waals surface area contributed by atoms with E-state index in [1.165, 1.54) is 0 Å². The van der Waals surface area contributed by atoms with Crippen LogP contribution in [0.5, 0.6) is 0 Å². The Morgan fingerprint density at radius 3 is 2.75 bits per heavy atom. The fourth-order valence-corrected chi connectivity index (χ4v) is 1.69. The van der Waals surface area contributed by atoms with Crippen LogP contribution in [0.25, 0.3) is 0 Å². The number of nitrogens with zero attached hydrogens (tertiary/aromatic N) is 2. The van der Waals surface area contributed by atoms with Crippen molar-refractivity contribution in [1.82, 2.24) is 15.2 Å². The number of rotatable bonds is 6. The highest BCUT2D eigenvalue weighted by Gasteiger charge is 2.22. The monoisotopic (exact) mass is 226 g/mol. The molecule has 1 aromatic heterocycles. The minimum Gasteiger partial charge on any atom is -0.379 e. The Bertz CT molecular complexity index is 322. The first kappa shape index (κ1) is 13.2. The molecule has 0 bridgehead atoms. The van der Waals surface area contributed by atoms with Crippen LogP contribution in [0.2, 0.25) is 0 Å². The first-order valence-corrected chi connectivity index (χ1v) is 5.46. The molecule has 0 aliphatic rings. The van der Waals surface area contributed by atoms with Crippen molar-refractivity contribution in [1.29, 1.82) is 0 Å². The minimum absolute atomic E-state index is 0.171. The van der Waals surface area contributed by atoms with Crippen LogP contribution >= 0.6 is 0 Å². The molecule has 1 atom stereocenters. The van der Waals surface area contributed by atoms with E-state index in [0.717, 1.165) is 18.5 Å². The Morgan fingerprint density at radius 1 is 1.62 bits per heavy atom. The average molecular weight is 226 g/mol. The quantitative estimate of drug-likeness (QED) is 0.551. The van der Waals surface area contributed by atoms with Crippen molar-refractivity contribution in [3.63, 3.8) is 0 Å². The van der Waals surface area contributed by atoms with Crippen molar-refractivity contribution in [2.75, 3.05) is 7.11 Å². The van der Waals surface area contributed by atoms with Gasteiger partial charge >= 0.3 is 0 Å². The fourth-order valence-electron chi connectivity index (χ4n) is 1.69. The van der Waals surface area contributed by atoms with Crippen LogP contribution in [0, 0.1) is 0 Å². The Morgan fingerprint density at radius 2 is 2.31 bits per heavy atom. The molecule has 92 valence electrons. The molecule has 0 saturated heterocycles. The summed E-state index contributed by atoms with van der Waals surface area (Å²) in [6.45, 7) is 4.10. The summed E-state index contributed by atoms with van der Waals surface area (Å²) in [6, 6.07) is 2.18. The molecule has 0 saturated carbocycles. The Kier molecular flexibility index (Phi) is 4.46. The van der Waals surface area contributed by atoms with Crippen LogP contribution in [0.15, 0.2) is 12.3 Å². The fraction of sp³-hybridized carbons (Fsp3) is 0.727. The molecular formula is C11H22N4O. The van der Waals surface area contributed by atoms with E-state index in [2.05, 4.69) is 24.4 Å². The number of hydrogen-bond donors (Lipinski definition) is 2. The van der Waals surface area contributed by atoms with Gasteiger partial charge in [0, 0.05) is 32.8 Å². The van der Waals surface area contributed by atoms with E-state index in [-0.39, 0.29) is 11.6 Å². The predicted octanol–water partition coefficient (Wildman–Crippen LogP) is 0.610. The van der Waals surface area contributed by atoms with Crippen molar-refractivity contribution >= 4 is 0 Å². The average Bonchev–Trinajstić information content (AvgIpc) is 2.63. The van der Waals surface area contributed by atoms with Crippen LogP contribution in [0.4, 0.5) is 0 Å². The minimum atomic E-state index is -0.175. The van der Waals surface area contributed by atoms with Crippen LogP contribution in [-0.2, 0) is 18.2 Å². The van der Waals surface area contributed by atoms with E-state index in [9.17, 15) is 0 Å². The zero-order valence-electron chi connectivity index (χ0n) is 10.5. The zero-order chi connectivity index (χ0) is 12.2. The van der Waals surface area contributed by atoms with Gasteiger partial charge in [0.1, 0.15) is 0 Å². The maximum absolute atomic E-state index is 5.55. The van der Waals surface area contributed by atoms with Gasteiger partial charge in [0.25, 0.3) is 0 Å². The number of aromatic nitrogens is 2. The maximum Gasteiger partial charge on any atom is 0.0640 e. The molecule has 1 heterocycles. The first-order chi connectivity index (χ1) is 7.46. The van der Waals surface area contributed by atoms with Gasteiger partial charge in [-0.2, -0.15) is 5.10 Å². The predicted molar refractivity (Wildman–Crippen MR) is 63.7 cm³/mol. The summed E-state index contributed by atoms with van der Waals surface area (Å²) < 4.78 is 7.19. The molecular weight excluding hydrogens is 204 g/mol. The number of nitrogens with one attached hydrogen (secondary N) is 1. The Hall–Kier alpha value is -0.910. The third-order valence-electron chi connectivity index (χ3n) is 2.75. The number of methoxy groups -OCH3 is 1. The number of hydrazine groups is 1. The van der Waals surface area contributed by atoms with E-state index >= 15 is 0 Å². The number of hydrogen-bond acceptors (Lipinski definition) is 4. The summed E-state index contributed by atoms with van der Waals surface area (Å²) in [5, 5.41) is 4.33. The standard InChI is InChI=1S/C11H22N4O/c1-11(2,16-4)8-10(13-12)7-9-5-6-15(3)14-9/h5-6,10,13H,7-8,12H2,1-4H3. The van der Waals surface area contributed by atoms with Gasteiger partial charge in [0.15, 0.2) is 0 Å². The highest BCUT2D eigenvalue weighted by atomic mass is 16.5. The third kappa shape index (κ3) is 3.92. The second kappa shape index (κ2) is 5.43. The number of ether oxygens (including phenoxy) is 1. The van der Waals surface area contributed by atoms with Gasteiger partial charge in [-0.1, -0.05) is 0 Å². The number of nitrogens with two attached hydrogens (primary N) is 1. The van der Waals surface area contributed by atoms with Gasteiger partial charge < -0.3 is 4.74 Å². The molecule has 5 nitrogen and oxygen atoms in total. The molecule has 0 radical (unpaired) electrons. The van der Waals surface area contributed by atoms with Gasteiger partial charge in [-0.15, -0.1) is 0 Å². The molecule has 0 amide bonds. The smallest absolute Gasteiger partial charge is 0.0640 e. The lowest BCUT2D eigenvalue weighted by Crippen LogP contribution is -2.42. The van der Waals surface area contributed by atoms with Crippen LogP contribution < -0.4 is 11.3 Å². The zero-order valence-corrected chi connectivity index (χ0v) is 10.5. The van der Waals surface area contributed by atoms with Gasteiger partial charge in [0.05, 0.1) is 11.3 Å². The van der Waals surface area contributed by atoms with Gasteiger partial charge in [-0.25, -0.2) is 0 Å². The summed E-state index contributed by atoms with van der Waals surface area (Å²) in [5.41, 5.74) is 3.69. The van der Waals surface area contributed by atoms with Crippen molar-refractivity contribution in [2.45, 2.75) is 38.3 Å². The number of aryl methyl sites for hydroxylation is 1. The largest absolute Gasteiger partial charge is 0.379 e. The van der Waals surface area contributed by atoms with E-state index in [1.807, 2.05) is 19.3 Å². The van der Waals surface area contributed by atoms with Crippen molar-refractivity contribution < 1.29 is 4.74 Å². The normalized spacial score (nSPS) is 14.1. The van der Waals surface area contributed by atoms with E-state index in [1.54, 1.807) is 11.8 Å². The van der Waals surface area contributed by atoms with Crippen LogP contribution in [0.1, 0.15) is 26.0 Å². The topological polar surface area (TPSA) is 65.1 Å². The van der Waals surface area contributed by atoms with E-state index in [4.69, 9.17) is 10.6 Å². The SMILES string of the molecule is COC(C)(C)CC(Cc1ccn(C)n1)NN. The summed E-state index contributed by atoms with van der Waals surface area (Å²) in [5.74, 6) is 5.55. The molecule has 1 aromatic rings. The molecule has 0 spiro atoms. The summed E-state index contributed by atoms with van der Waals surface area (Å²) in [6.07, 6.45) is 3.59. The molecule has 0 aliphatic heterocycles. The lowest BCUT2D eigenvalue weighted by molar-refractivity contribution is 0.00703. The lowest BCUT2D eigenvalue weighted by Gasteiger charge is -2.27. The summed E-state index contributed by atoms with van der Waals surface area (Å²) in [7, 11) is 3.63. The van der Waals surface area contributed by atoms with E-state index in [0.29, 0.717) is 0 Å².